The molecule has 0 aromatic carbocycles. The highest BCUT2D eigenvalue weighted by molar-refractivity contribution is 5.78. The topological polar surface area (TPSA) is 92.4 Å². The van der Waals surface area contributed by atoms with Crippen molar-refractivity contribution < 1.29 is 14.7 Å². The summed E-state index contributed by atoms with van der Waals surface area (Å²) in [4.78, 5) is 21.0. The molecule has 0 aliphatic carbocycles. The van der Waals surface area contributed by atoms with Crippen molar-refractivity contribution in [3.05, 3.63) is 0 Å². The number of carboxylic acid groups (broad SMARTS) is 1. The molecular formula is C7H14N2O3. The van der Waals surface area contributed by atoms with Crippen molar-refractivity contribution in [3.63, 3.8) is 0 Å². The number of carbonyl (C=O) groups excluding carboxylic acids is 1. The molecule has 0 spiro atoms. The van der Waals surface area contributed by atoms with Crippen LogP contribution in [-0.2, 0) is 9.59 Å². The zero-order chi connectivity index (χ0) is 9.72. The molecule has 2 atom stereocenters. The molecule has 4 N–H and O–H groups in total. The number of aliphatic carboxylic acids is 1. The third-order valence-corrected chi connectivity index (χ3v) is 1.72. The lowest BCUT2D eigenvalue weighted by Crippen LogP contribution is -2.37. The van der Waals surface area contributed by atoms with E-state index in [4.69, 9.17) is 10.8 Å². The third kappa shape index (κ3) is 3.34. The van der Waals surface area contributed by atoms with Crippen LogP contribution in [0.1, 0.15) is 13.3 Å². The molecule has 0 aromatic heterocycles. The molecule has 5 nitrogen and oxygen atoms in total. The van der Waals surface area contributed by atoms with E-state index in [-0.39, 0.29) is 6.42 Å². The van der Waals surface area contributed by atoms with E-state index >= 15 is 0 Å². The van der Waals surface area contributed by atoms with Gasteiger partial charge in [0.25, 0.3) is 0 Å². The van der Waals surface area contributed by atoms with Crippen LogP contribution < -0.4 is 11.1 Å². The highest BCUT2D eigenvalue weighted by atomic mass is 16.4. The molecule has 0 heterocycles. The zero-order valence-electron chi connectivity index (χ0n) is 7.20. The second-order valence-electron chi connectivity index (χ2n) is 2.72. The van der Waals surface area contributed by atoms with Crippen molar-refractivity contribution in [3.8, 4) is 0 Å². The van der Waals surface area contributed by atoms with Gasteiger partial charge in [-0.2, -0.15) is 0 Å². The van der Waals surface area contributed by atoms with Gasteiger partial charge in [0.15, 0.2) is 0 Å². The fourth-order valence-electron chi connectivity index (χ4n) is 0.812. The number of nitrogens with one attached hydrogen (secondary N) is 1. The van der Waals surface area contributed by atoms with Gasteiger partial charge in [-0.1, -0.05) is 6.92 Å². The van der Waals surface area contributed by atoms with E-state index in [1.54, 1.807) is 6.92 Å². The van der Waals surface area contributed by atoms with Crippen LogP contribution in [0, 0.1) is 5.92 Å². The quantitative estimate of drug-likeness (QED) is 0.507. The Hall–Kier alpha value is -1.10. The van der Waals surface area contributed by atoms with Gasteiger partial charge in [0.2, 0.25) is 5.91 Å². The number of likely N-dealkylation sites (N-methyl/N-ethyl adjacent to an activating group) is 1. The first-order valence-electron chi connectivity index (χ1n) is 3.68. The number of hydrogen-bond donors (Lipinski definition) is 3. The Balaban J connectivity index is 4.02. The predicted molar refractivity (Wildman–Crippen MR) is 43.5 cm³/mol. The number of amides is 1. The highest BCUT2D eigenvalue weighted by Gasteiger charge is 2.20. The Morgan fingerprint density at radius 1 is 1.58 bits per heavy atom. The van der Waals surface area contributed by atoms with Gasteiger partial charge in [-0.25, -0.2) is 0 Å². The molecule has 5 heteroatoms. The van der Waals surface area contributed by atoms with Crippen molar-refractivity contribution in [2.45, 2.75) is 19.4 Å². The van der Waals surface area contributed by atoms with Gasteiger partial charge in [0.05, 0.1) is 0 Å². The first-order valence-corrected chi connectivity index (χ1v) is 3.68. The lowest BCUT2D eigenvalue weighted by atomic mass is 10.0. The number of carboxylic acids is 1. The molecule has 0 aromatic rings. The Labute approximate surface area is 70.9 Å². The molecule has 0 aliphatic rings. The number of nitrogens with two attached hydrogens (primary N) is 1. The van der Waals surface area contributed by atoms with Crippen LogP contribution in [0.15, 0.2) is 0 Å². The van der Waals surface area contributed by atoms with Crippen LogP contribution in [0.3, 0.4) is 0 Å². The Morgan fingerprint density at radius 2 is 2.08 bits per heavy atom. The van der Waals surface area contributed by atoms with Crippen molar-refractivity contribution in [1.29, 1.82) is 0 Å². The molecule has 1 unspecified atom stereocenters. The number of primary amides is 1. The zero-order valence-corrected chi connectivity index (χ0v) is 7.20. The smallest absolute Gasteiger partial charge is 0.320 e. The fourth-order valence-corrected chi connectivity index (χ4v) is 0.812. The minimum absolute atomic E-state index is 0.223. The molecule has 0 saturated heterocycles. The predicted octanol–water partition coefficient (Wildman–Crippen LogP) is -0.829. The van der Waals surface area contributed by atoms with Crippen molar-refractivity contribution in [2.24, 2.45) is 11.7 Å². The number of rotatable bonds is 5. The summed E-state index contributed by atoms with van der Waals surface area (Å²) in [5.41, 5.74) is 4.98. The lowest BCUT2D eigenvalue weighted by molar-refractivity contribution is -0.139. The van der Waals surface area contributed by atoms with Crippen LogP contribution in [0.5, 0.6) is 0 Å². The van der Waals surface area contributed by atoms with Crippen LogP contribution in [0.4, 0.5) is 0 Å². The largest absolute Gasteiger partial charge is 0.480 e. The molecule has 1 amide bonds. The summed E-state index contributed by atoms with van der Waals surface area (Å²) in [5.74, 6) is -1.86. The van der Waals surface area contributed by atoms with Gasteiger partial charge < -0.3 is 16.2 Å². The monoisotopic (exact) mass is 174 g/mol. The highest BCUT2D eigenvalue weighted by Crippen LogP contribution is 2.04. The van der Waals surface area contributed by atoms with E-state index in [0.29, 0.717) is 0 Å². The third-order valence-electron chi connectivity index (χ3n) is 1.72. The summed E-state index contributed by atoms with van der Waals surface area (Å²) in [6, 6.07) is -0.701. The van der Waals surface area contributed by atoms with Gasteiger partial charge in [0.1, 0.15) is 6.04 Å². The maximum Gasteiger partial charge on any atom is 0.320 e. The van der Waals surface area contributed by atoms with E-state index in [1.165, 1.54) is 7.05 Å². The lowest BCUT2D eigenvalue weighted by Gasteiger charge is -2.13. The van der Waals surface area contributed by atoms with E-state index in [1.807, 2.05) is 0 Å². The van der Waals surface area contributed by atoms with Gasteiger partial charge in [0, 0.05) is 5.92 Å². The second kappa shape index (κ2) is 4.71. The second-order valence-corrected chi connectivity index (χ2v) is 2.72. The first-order chi connectivity index (χ1) is 5.49. The SMILES string of the molecule is CN[C@@H](CC(C)C(N)=O)C(=O)O. The number of carbonyl (C=O) groups is 2. The summed E-state index contributed by atoms with van der Waals surface area (Å²) in [6.07, 6.45) is 0.223. The Morgan fingerprint density at radius 3 is 2.33 bits per heavy atom. The summed E-state index contributed by atoms with van der Waals surface area (Å²) < 4.78 is 0. The van der Waals surface area contributed by atoms with Gasteiger partial charge >= 0.3 is 5.97 Å². The van der Waals surface area contributed by atoms with Crippen LogP contribution >= 0.6 is 0 Å². The molecule has 70 valence electrons. The molecule has 0 saturated carbocycles. The summed E-state index contributed by atoms with van der Waals surface area (Å²) in [6.45, 7) is 1.61. The van der Waals surface area contributed by atoms with Crippen LogP contribution in [0.2, 0.25) is 0 Å². The maximum atomic E-state index is 10.6. The van der Waals surface area contributed by atoms with Crippen molar-refractivity contribution in [2.75, 3.05) is 7.05 Å². The average molecular weight is 174 g/mol. The van der Waals surface area contributed by atoms with Crippen molar-refractivity contribution in [1.82, 2.24) is 5.32 Å². The average Bonchev–Trinajstić information content (AvgIpc) is 1.98. The van der Waals surface area contributed by atoms with Gasteiger partial charge in [-0.15, -0.1) is 0 Å². The molecule has 0 radical (unpaired) electrons. The molecule has 0 fully saturated rings. The molecule has 0 aliphatic heterocycles. The number of hydrogen-bond acceptors (Lipinski definition) is 3. The van der Waals surface area contributed by atoms with E-state index in [0.717, 1.165) is 0 Å². The normalized spacial score (nSPS) is 15.2. The first kappa shape index (κ1) is 10.9. The Kier molecular flexibility index (Phi) is 4.28. The fraction of sp³-hybridized carbons (Fsp3) is 0.714. The van der Waals surface area contributed by atoms with E-state index in [2.05, 4.69) is 5.32 Å². The molecule has 12 heavy (non-hydrogen) atoms. The van der Waals surface area contributed by atoms with Crippen LogP contribution in [-0.4, -0.2) is 30.1 Å². The minimum Gasteiger partial charge on any atom is -0.480 e. The molecular weight excluding hydrogens is 160 g/mol. The summed E-state index contributed by atoms with van der Waals surface area (Å²) in [7, 11) is 1.53. The van der Waals surface area contributed by atoms with Crippen LogP contribution in [0.25, 0.3) is 0 Å². The van der Waals surface area contributed by atoms with Gasteiger partial charge in [-0.05, 0) is 13.5 Å². The summed E-state index contributed by atoms with van der Waals surface area (Å²) in [5, 5.41) is 11.2. The van der Waals surface area contributed by atoms with Crippen molar-refractivity contribution >= 4 is 11.9 Å². The van der Waals surface area contributed by atoms with E-state index < -0.39 is 23.8 Å². The minimum atomic E-state index is -0.967. The standard InChI is InChI=1S/C7H14N2O3/c1-4(6(8)10)3-5(9-2)7(11)12/h4-5,9H,3H2,1-2H3,(H2,8,10)(H,11,12)/t4?,5-/m0/s1. The Bertz CT molecular complexity index is 181. The van der Waals surface area contributed by atoms with E-state index in [9.17, 15) is 9.59 Å². The summed E-state index contributed by atoms with van der Waals surface area (Å²) >= 11 is 0. The molecule has 0 rings (SSSR count). The maximum absolute atomic E-state index is 10.6. The molecule has 0 bridgehead atoms. The van der Waals surface area contributed by atoms with Gasteiger partial charge in [-0.3, -0.25) is 9.59 Å².